The average molecular weight is 239 g/mol. The number of nitrogens with zero attached hydrogens (tertiary/aromatic N) is 2. The molecule has 0 aliphatic heterocycles. The number of aliphatic hydroxyl groups is 1. The second-order valence-electron chi connectivity index (χ2n) is 4.49. The summed E-state index contributed by atoms with van der Waals surface area (Å²) in [5.41, 5.74) is -0.600. The quantitative estimate of drug-likeness (QED) is 0.753. The summed E-state index contributed by atoms with van der Waals surface area (Å²) in [6.07, 6.45) is 0.449. The highest BCUT2D eigenvalue weighted by Crippen LogP contribution is 2.08. The Morgan fingerprint density at radius 3 is 2.71 bits per heavy atom. The number of rotatable bonds is 4. The molecule has 1 heterocycles. The van der Waals surface area contributed by atoms with Crippen LogP contribution in [0.3, 0.4) is 0 Å². The van der Waals surface area contributed by atoms with Crippen molar-refractivity contribution in [3.05, 3.63) is 28.2 Å². The van der Waals surface area contributed by atoms with Gasteiger partial charge in [-0.1, -0.05) is 0 Å². The van der Waals surface area contributed by atoms with Gasteiger partial charge < -0.3 is 10.4 Å². The van der Waals surface area contributed by atoms with Gasteiger partial charge in [0.1, 0.15) is 5.69 Å². The molecule has 0 atom stereocenters. The topological polar surface area (TPSA) is 84.2 Å². The van der Waals surface area contributed by atoms with Crippen molar-refractivity contribution >= 4 is 5.91 Å². The molecular weight excluding hydrogens is 222 g/mol. The van der Waals surface area contributed by atoms with Gasteiger partial charge in [-0.25, -0.2) is 4.68 Å². The summed E-state index contributed by atoms with van der Waals surface area (Å²) >= 11 is 0. The number of aryl methyl sites for hydroxylation is 1. The summed E-state index contributed by atoms with van der Waals surface area (Å²) in [5, 5.41) is 15.4. The number of amides is 1. The second-order valence-corrected chi connectivity index (χ2v) is 4.49. The van der Waals surface area contributed by atoms with Crippen LogP contribution in [0.5, 0.6) is 0 Å². The molecule has 6 heteroatoms. The number of aliphatic hydroxyl groups excluding tert-OH is 1. The molecule has 0 aliphatic rings. The van der Waals surface area contributed by atoms with E-state index in [2.05, 4.69) is 10.4 Å². The molecule has 1 amide bonds. The molecule has 0 fully saturated rings. The van der Waals surface area contributed by atoms with Crippen molar-refractivity contribution in [2.75, 3.05) is 6.61 Å². The molecule has 1 aromatic heterocycles. The van der Waals surface area contributed by atoms with E-state index in [0.29, 0.717) is 6.42 Å². The van der Waals surface area contributed by atoms with Crippen LogP contribution < -0.4 is 10.9 Å². The lowest BCUT2D eigenvalue weighted by molar-refractivity contribution is 0.0892. The fourth-order valence-corrected chi connectivity index (χ4v) is 1.34. The molecule has 0 unspecified atom stereocenters. The van der Waals surface area contributed by atoms with E-state index in [4.69, 9.17) is 5.11 Å². The Morgan fingerprint density at radius 1 is 1.53 bits per heavy atom. The molecule has 0 radical (unpaired) electrons. The molecule has 94 valence electrons. The lowest BCUT2D eigenvalue weighted by Crippen LogP contribution is -2.44. The van der Waals surface area contributed by atoms with Gasteiger partial charge in [0, 0.05) is 25.3 Å². The predicted octanol–water partition coefficient (Wildman–Crippen LogP) is -0.329. The highest BCUT2D eigenvalue weighted by Gasteiger charge is 2.21. The van der Waals surface area contributed by atoms with Crippen LogP contribution in [0.4, 0.5) is 0 Å². The number of nitrogens with one attached hydrogen (secondary N) is 1. The molecule has 0 aromatic carbocycles. The fraction of sp³-hybridized carbons (Fsp3) is 0.545. The van der Waals surface area contributed by atoms with Gasteiger partial charge in [0.25, 0.3) is 11.5 Å². The van der Waals surface area contributed by atoms with Gasteiger partial charge in [-0.15, -0.1) is 0 Å². The Labute approximate surface area is 99.3 Å². The van der Waals surface area contributed by atoms with Gasteiger partial charge in [-0.2, -0.15) is 5.10 Å². The monoisotopic (exact) mass is 239 g/mol. The Hall–Kier alpha value is -1.69. The number of hydrogen-bond donors (Lipinski definition) is 2. The third kappa shape index (κ3) is 3.67. The van der Waals surface area contributed by atoms with E-state index < -0.39 is 5.54 Å². The zero-order chi connectivity index (χ0) is 13.1. The fourth-order valence-electron chi connectivity index (χ4n) is 1.34. The minimum Gasteiger partial charge on any atom is -0.396 e. The molecule has 0 saturated carbocycles. The molecule has 0 saturated heterocycles. The Bertz CT molecular complexity index is 465. The van der Waals surface area contributed by atoms with E-state index >= 15 is 0 Å². The summed E-state index contributed by atoms with van der Waals surface area (Å²) in [7, 11) is 1.48. The van der Waals surface area contributed by atoms with Crippen molar-refractivity contribution in [3.8, 4) is 0 Å². The van der Waals surface area contributed by atoms with E-state index in [1.165, 1.54) is 19.2 Å². The molecule has 17 heavy (non-hydrogen) atoms. The lowest BCUT2D eigenvalue weighted by atomic mass is 10.0. The van der Waals surface area contributed by atoms with Crippen molar-refractivity contribution in [2.45, 2.75) is 25.8 Å². The zero-order valence-corrected chi connectivity index (χ0v) is 10.2. The van der Waals surface area contributed by atoms with Crippen molar-refractivity contribution in [2.24, 2.45) is 7.05 Å². The van der Waals surface area contributed by atoms with Crippen LogP contribution in [0.25, 0.3) is 0 Å². The maximum atomic E-state index is 11.8. The third-order valence-corrected chi connectivity index (χ3v) is 2.38. The Balaban J connectivity index is 2.83. The molecule has 0 spiro atoms. The maximum Gasteiger partial charge on any atom is 0.272 e. The molecule has 0 aliphatic carbocycles. The van der Waals surface area contributed by atoms with E-state index in [1.54, 1.807) is 0 Å². The van der Waals surface area contributed by atoms with Gasteiger partial charge >= 0.3 is 0 Å². The van der Waals surface area contributed by atoms with E-state index in [0.717, 1.165) is 4.68 Å². The van der Waals surface area contributed by atoms with Crippen molar-refractivity contribution in [3.63, 3.8) is 0 Å². The maximum absolute atomic E-state index is 11.8. The van der Waals surface area contributed by atoms with Crippen LogP contribution in [0, 0.1) is 0 Å². The SMILES string of the molecule is Cn1nc(C(=O)NC(C)(C)CCO)ccc1=O. The van der Waals surface area contributed by atoms with E-state index in [1.807, 2.05) is 13.8 Å². The molecule has 6 nitrogen and oxygen atoms in total. The van der Waals surface area contributed by atoms with Gasteiger partial charge in [0.15, 0.2) is 0 Å². The van der Waals surface area contributed by atoms with E-state index in [-0.39, 0.29) is 23.8 Å². The first-order valence-corrected chi connectivity index (χ1v) is 5.33. The minimum atomic E-state index is -0.512. The van der Waals surface area contributed by atoms with Crippen molar-refractivity contribution in [1.82, 2.24) is 15.1 Å². The highest BCUT2D eigenvalue weighted by atomic mass is 16.3. The van der Waals surface area contributed by atoms with Crippen LogP contribution in [-0.2, 0) is 7.05 Å². The number of aromatic nitrogens is 2. The number of carbonyl (C=O) groups is 1. The average Bonchev–Trinajstić information content (AvgIpc) is 2.21. The van der Waals surface area contributed by atoms with Gasteiger partial charge in [0.2, 0.25) is 0 Å². The van der Waals surface area contributed by atoms with Crippen molar-refractivity contribution in [1.29, 1.82) is 0 Å². The summed E-state index contributed by atoms with van der Waals surface area (Å²) in [6.45, 7) is 3.61. The first-order valence-electron chi connectivity index (χ1n) is 5.33. The summed E-state index contributed by atoms with van der Waals surface area (Å²) in [4.78, 5) is 22.9. The van der Waals surface area contributed by atoms with Crippen LogP contribution in [0.1, 0.15) is 30.8 Å². The predicted molar refractivity (Wildman–Crippen MR) is 62.7 cm³/mol. The van der Waals surface area contributed by atoms with Crippen LogP contribution >= 0.6 is 0 Å². The first kappa shape index (κ1) is 13.4. The lowest BCUT2D eigenvalue weighted by Gasteiger charge is -2.25. The van der Waals surface area contributed by atoms with Gasteiger partial charge in [-0.3, -0.25) is 9.59 Å². The van der Waals surface area contributed by atoms with Crippen LogP contribution in [0.15, 0.2) is 16.9 Å². The van der Waals surface area contributed by atoms with Gasteiger partial charge in [-0.05, 0) is 26.3 Å². The highest BCUT2D eigenvalue weighted by molar-refractivity contribution is 5.92. The smallest absolute Gasteiger partial charge is 0.272 e. The summed E-state index contributed by atoms with van der Waals surface area (Å²) in [6, 6.07) is 2.67. The molecule has 1 aromatic rings. The zero-order valence-electron chi connectivity index (χ0n) is 10.2. The Kier molecular flexibility index (Phi) is 4.01. The minimum absolute atomic E-state index is 0.00597. The van der Waals surface area contributed by atoms with Crippen molar-refractivity contribution < 1.29 is 9.90 Å². The standard InChI is InChI=1S/C11H17N3O3/c1-11(2,6-7-15)12-10(17)8-4-5-9(16)14(3)13-8/h4-5,15H,6-7H2,1-3H3,(H,12,17). The summed E-state index contributed by atoms with van der Waals surface area (Å²) in [5.74, 6) is -0.362. The number of hydrogen-bond acceptors (Lipinski definition) is 4. The summed E-state index contributed by atoms with van der Waals surface area (Å²) < 4.78 is 1.11. The second kappa shape index (κ2) is 5.09. The van der Waals surface area contributed by atoms with Crippen LogP contribution in [0.2, 0.25) is 0 Å². The van der Waals surface area contributed by atoms with Crippen LogP contribution in [-0.4, -0.2) is 32.9 Å². The molecule has 2 N–H and O–H groups in total. The first-order chi connectivity index (χ1) is 7.85. The van der Waals surface area contributed by atoms with Gasteiger partial charge in [0.05, 0.1) is 0 Å². The molecular formula is C11H17N3O3. The van der Waals surface area contributed by atoms with E-state index in [9.17, 15) is 9.59 Å². The molecule has 0 bridgehead atoms. The largest absolute Gasteiger partial charge is 0.396 e. The molecule has 1 rings (SSSR count). The normalized spacial score (nSPS) is 11.3. The third-order valence-electron chi connectivity index (χ3n) is 2.38. The number of carbonyl (C=O) groups excluding carboxylic acids is 1. The Morgan fingerprint density at radius 2 is 2.18 bits per heavy atom.